The molecule has 0 amide bonds. The first kappa shape index (κ1) is 9.49. The minimum Gasteiger partial charge on any atom is -0.481 e. The summed E-state index contributed by atoms with van der Waals surface area (Å²) in [6, 6.07) is 0. The van der Waals surface area contributed by atoms with E-state index in [0.29, 0.717) is 6.42 Å². The van der Waals surface area contributed by atoms with Gasteiger partial charge in [-0.25, -0.2) is 0 Å². The van der Waals surface area contributed by atoms with E-state index in [9.17, 15) is 9.59 Å². The van der Waals surface area contributed by atoms with Crippen molar-refractivity contribution in [3.63, 3.8) is 0 Å². The molecule has 2 aliphatic rings. The fraction of sp³-hybridized carbons (Fsp3) is 0.800. The van der Waals surface area contributed by atoms with Crippen LogP contribution in [0.1, 0.15) is 32.6 Å². The van der Waals surface area contributed by atoms with Gasteiger partial charge in [0.1, 0.15) is 0 Å². The quantitative estimate of drug-likeness (QED) is 0.702. The summed E-state index contributed by atoms with van der Waals surface area (Å²) >= 11 is 0. The van der Waals surface area contributed by atoms with E-state index in [1.54, 1.807) is 6.92 Å². The third kappa shape index (κ3) is 0.792. The first-order chi connectivity index (χ1) is 6.47. The van der Waals surface area contributed by atoms with Crippen LogP contribution in [0, 0.1) is 16.7 Å². The molecule has 2 aliphatic carbocycles. The van der Waals surface area contributed by atoms with Crippen LogP contribution in [-0.4, -0.2) is 22.2 Å². The third-order valence-electron chi connectivity index (χ3n) is 4.21. The fourth-order valence-electron chi connectivity index (χ4n) is 3.41. The zero-order valence-electron chi connectivity index (χ0n) is 8.12. The maximum atomic E-state index is 11.2. The summed E-state index contributed by atoms with van der Waals surface area (Å²) in [6.45, 7) is 1.80. The highest BCUT2D eigenvalue weighted by atomic mass is 16.4. The first-order valence-corrected chi connectivity index (χ1v) is 4.93. The Balaban J connectivity index is 2.38. The standard InChI is InChI=1S/C10H14O4/c1-9-4-2-3-5-10(9,8(13)14)6(9)7(11)12/h6H,2-5H2,1H3,(H,11,12)(H,13,14). The molecule has 3 unspecified atom stereocenters. The van der Waals surface area contributed by atoms with Gasteiger partial charge in [0.15, 0.2) is 0 Å². The third-order valence-corrected chi connectivity index (χ3v) is 4.21. The van der Waals surface area contributed by atoms with Gasteiger partial charge in [0.25, 0.3) is 0 Å². The molecule has 0 bridgehead atoms. The molecule has 2 N–H and O–H groups in total. The monoisotopic (exact) mass is 198 g/mol. The lowest BCUT2D eigenvalue weighted by molar-refractivity contribution is -0.150. The summed E-state index contributed by atoms with van der Waals surface area (Å²) in [4.78, 5) is 22.2. The van der Waals surface area contributed by atoms with Gasteiger partial charge < -0.3 is 10.2 Å². The summed E-state index contributed by atoms with van der Waals surface area (Å²) < 4.78 is 0. The molecule has 2 rings (SSSR count). The molecule has 3 atom stereocenters. The van der Waals surface area contributed by atoms with E-state index in [4.69, 9.17) is 10.2 Å². The van der Waals surface area contributed by atoms with Crippen LogP contribution in [0.3, 0.4) is 0 Å². The van der Waals surface area contributed by atoms with Gasteiger partial charge in [0.2, 0.25) is 0 Å². The molecule has 4 nitrogen and oxygen atoms in total. The molecule has 0 heterocycles. The Labute approximate surface area is 81.9 Å². The Bertz CT molecular complexity index is 311. The molecular weight excluding hydrogens is 184 g/mol. The molecule has 0 radical (unpaired) electrons. The number of carboxylic acid groups (broad SMARTS) is 2. The van der Waals surface area contributed by atoms with Crippen LogP contribution in [0.15, 0.2) is 0 Å². The van der Waals surface area contributed by atoms with Crippen LogP contribution in [-0.2, 0) is 9.59 Å². The van der Waals surface area contributed by atoms with E-state index < -0.39 is 28.7 Å². The minimum absolute atomic E-state index is 0.497. The first-order valence-electron chi connectivity index (χ1n) is 4.93. The SMILES string of the molecule is CC12CCCCC1(C(=O)O)C2C(=O)O. The Hall–Kier alpha value is -1.06. The predicted molar refractivity (Wildman–Crippen MR) is 47.8 cm³/mol. The van der Waals surface area contributed by atoms with Gasteiger partial charge in [-0.1, -0.05) is 19.8 Å². The highest BCUT2D eigenvalue weighted by Crippen LogP contribution is 2.75. The van der Waals surface area contributed by atoms with Gasteiger partial charge in [-0.2, -0.15) is 0 Å². The van der Waals surface area contributed by atoms with Crippen molar-refractivity contribution >= 4 is 11.9 Å². The average Bonchev–Trinajstić information content (AvgIpc) is 2.66. The van der Waals surface area contributed by atoms with E-state index in [1.165, 1.54) is 0 Å². The van der Waals surface area contributed by atoms with Crippen LogP contribution >= 0.6 is 0 Å². The zero-order chi connectivity index (χ0) is 10.6. The van der Waals surface area contributed by atoms with Crippen LogP contribution in [0.4, 0.5) is 0 Å². The lowest BCUT2D eigenvalue weighted by atomic mass is 9.81. The van der Waals surface area contributed by atoms with Crippen molar-refractivity contribution in [2.45, 2.75) is 32.6 Å². The highest BCUT2D eigenvalue weighted by Gasteiger charge is 2.81. The van der Waals surface area contributed by atoms with Crippen molar-refractivity contribution in [2.75, 3.05) is 0 Å². The normalized spacial score (nSPS) is 45.4. The van der Waals surface area contributed by atoms with Crippen molar-refractivity contribution in [3.8, 4) is 0 Å². The van der Waals surface area contributed by atoms with Crippen molar-refractivity contribution in [1.29, 1.82) is 0 Å². The average molecular weight is 198 g/mol. The molecule has 0 saturated heterocycles. The number of fused-ring (bicyclic) bond motifs is 1. The van der Waals surface area contributed by atoms with Crippen LogP contribution in [0.25, 0.3) is 0 Å². The number of aliphatic carboxylic acids is 2. The van der Waals surface area contributed by atoms with Gasteiger partial charge in [-0.05, 0) is 18.3 Å². The van der Waals surface area contributed by atoms with Crippen LogP contribution in [0.2, 0.25) is 0 Å². The van der Waals surface area contributed by atoms with E-state index in [1.807, 2.05) is 0 Å². The number of hydrogen-bond donors (Lipinski definition) is 2. The Kier molecular flexibility index (Phi) is 1.69. The van der Waals surface area contributed by atoms with Gasteiger partial charge in [0.05, 0.1) is 11.3 Å². The van der Waals surface area contributed by atoms with Gasteiger partial charge in [-0.3, -0.25) is 9.59 Å². The fourth-order valence-corrected chi connectivity index (χ4v) is 3.41. The smallest absolute Gasteiger partial charge is 0.311 e. The zero-order valence-corrected chi connectivity index (χ0v) is 8.12. The number of carbonyl (C=O) groups is 2. The second kappa shape index (κ2) is 2.49. The van der Waals surface area contributed by atoms with E-state index >= 15 is 0 Å². The summed E-state index contributed by atoms with van der Waals surface area (Å²) in [5, 5.41) is 18.2. The largest absolute Gasteiger partial charge is 0.481 e. The molecule has 0 aromatic rings. The van der Waals surface area contributed by atoms with Crippen LogP contribution in [0.5, 0.6) is 0 Å². The highest BCUT2D eigenvalue weighted by molar-refractivity contribution is 5.92. The summed E-state index contributed by atoms with van der Waals surface area (Å²) in [5.41, 5.74) is -1.46. The van der Waals surface area contributed by atoms with Gasteiger partial charge in [0, 0.05) is 0 Å². The van der Waals surface area contributed by atoms with Crippen molar-refractivity contribution in [3.05, 3.63) is 0 Å². The molecule has 14 heavy (non-hydrogen) atoms. The van der Waals surface area contributed by atoms with Gasteiger partial charge in [-0.15, -0.1) is 0 Å². The van der Waals surface area contributed by atoms with E-state index in [2.05, 4.69) is 0 Å². The Morgan fingerprint density at radius 2 is 1.79 bits per heavy atom. The maximum Gasteiger partial charge on any atom is 0.311 e. The lowest BCUT2D eigenvalue weighted by Gasteiger charge is -2.23. The Morgan fingerprint density at radius 3 is 2.21 bits per heavy atom. The molecule has 0 aromatic carbocycles. The molecule has 78 valence electrons. The van der Waals surface area contributed by atoms with E-state index in [-0.39, 0.29) is 0 Å². The molecular formula is C10H14O4. The second-order valence-electron chi connectivity index (χ2n) is 4.67. The molecule has 4 heteroatoms. The summed E-state index contributed by atoms with van der Waals surface area (Å²) in [7, 11) is 0. The van der Waals surface area contributed by atoms with Crippen LogP contribution < -0.4 is 0 Å². The molecule has 0 spiro atoms. The lowest BCUT2D eigenvalue weighted by Crippen LogP contribution is -2.26. The van der Waals surface area contributed by atoms with Gasteiger partial charge >= 0.3 is 11.9 Å². The predicted octanol–water partition coefficient (Wildman–Crippen LogP) is 1.35. The summed E-state index contributed by atoms with van der Waals surface area (Å²) in [6.07, 6.45) is 3.05. The number of carboxylic acids is 2. The van der Waals surface area contributed by atoms with Crippen molar-refractivity contribution in [2.24, 2.45) is 16.7 Å². The maximum absolute atomic E-state index is 11.2. The van der Waals surface area contributed by atoms with Crippen molar-refractivity contribution in [1.82, 2.24) is 0 Å². The van der Waals surface area contributed by atoms with E-state index in [0.717, 1.165) is 19.3 Å². The molecule has 0 aliphatic heterocycles. The molecule has 2 saturated carbocycles. The Morgan fingerprint density at radius 1 is 1.21 bits per heavy atom. The molecule has 2 fully saturated rings. The number of hydrogen-bond acceptors (Lipinski definition) is 2. The topological polar surface area (TPSA) is 74.6 Å². The van der Waals surface area contributed by atoms with Crippen molar-refractivity contribution < 1.29 is 19.8 Å². The minimum atomic E-state index is -0.961. The summed E-state index contributed by atoms with van der Waals surface area (Å²) in [5.74, 6) is -2.54. The second-order valence-corrected chi connectivity index (χ2v) is 4.67. The molecule has 0 aromatic heterocycles. The number of rotatable bonds is 2.